The summed E-state index contributed by atoms with van der Waals surface area (Å²) in [6.45, 7) is 0. The molecule has 0 radical (unpaired) electrons. The summed E-state index contributed by atoms with van der Waals surface area (Å²) in [6.07, 6.45) is 3.04. The van der Waals surface area contributed by atoms with Crippen LogP contribution >= 0.6 is 7.37 Å². The molecular formula is C4H7O2P. The van der Waals surface area contributed by atoms with E-state index in [0.29, 0.717) is 0 Å². The zero-order valence-electron chi connectivity index (χ0n) is 3.96. The quantitative estimate of drug-likeness (QED) is 0.355. The van der Waals surface area contributed by atoms with E-state index in [1.54, 1.807) is 0 Å². The van der Waals surface area contributed by atoms with Gasteiger partial charge in [-0.15, -0.1) is 0 Å². The summed E-state index contributed by atoms with van der Waals surface area (Å²) in [5, 5.41) is 0. The molecule has 2 nitrogen and oxygen atoms in total. The number of fused-ring (bicyclic) bond motifs is 1. The van der Waals surface area contributed by atoms with Gasteiger partial charge in [0.25, 0.3) is 0 Å². The fourth-order valence-corrected chi connectivity index (χ4v) is 3.48. The summed E-state index contributed by atoms with van der Waals surface area (Å²) in [5.74, 6) is 0.215. The van der Waals surface area contributed by atoms with Crippen molar-refractivity contribution in [3.05, 3.63) is 0 Å². The van der Waals surface area contributed by atoms with E-state index in [9.17, 15) is 4.57 Å². The zero-order chi connectivity index (χ0) is 4.91. The van der Waals surface area contributed by atoms with E-state index in [1.165, 1.54) is 0 Å². The number of hydrogen-bond acceptors (Lipinski definition) is 2. The summed E-state index contributed by atoms with van der Waals surface area (Å²) in [4.78, 5) is 0. The van der Waals surface area contributed by atoms with E-state index in [4.69, 9.17) is 4.52 Å². The van der Waals surface area contributed by atoms with Crippen molar-refractivity contribution in [3.8, 4) is 0 Å². The average molecular weight is 118 g/mol. The minimum atomic E-state index is -1.88. The molecule has 0 aromatic heterocycles. The summed E-state index contributed by atoms with van der Waals surface area (Å²) < 4.78 is 15.8. The smallest absolute Gasteiger partial charge is 0.232 e. The van der Waals surface area contributed by atoms with E-state index in [-0.39, 0.29) is 5.85 Å². The third kappa shape index (κ3) is 0.415. The molecular weight excluding hydrogens is 111 g/mol. The second-order valence-electron chi connectivity index (χ2n) is 2.15. The van der Waals surface area contributed by atoms with E-state index in [0.717, 1.165) is 19.0 Å². The van der Waals surface area contributed by atoms with Crippen LogP contribution in [0.2, 0.25) is 0 Å². The van der Waals surface area contributed by atoms with Crippen molar-refractivity contribution in [2.75, 3.05) is 6.16 Å². The molecule has 3 heteroatoms. The third-order valence-electron chi connectivity index (χ3n) is 1.61. The number of rotatable bonds is 0. The van der Waals surface area contributed by atoms with Crippen LogP contribution < -0.4 is 0 Å². The Morgan fingerprint density at radius 2 is 2.57 bits per heavy atom. The molecule has 0 aromatic carbocycles. The fourth-order valence-electron chi connectivity index (χ4n) is 1.11. The van der Waals surface area contributed by atoms with Gasteiger partial charge in [-0.05, 0) is 12.8 Å². The maximum Gasteiger partial charge on any atom is 0.232 e. The molecule has 2 atom stereocenters. The molecule has 2 rings (SSSR count). The van der Waals surface area contributed by atoms with Crippen molar-refractivity contribution in [3.63, 3.8) is 0 Å². The van der Waals surface area contributed by atoms with Gasteiger partial charge < -0.3 is 4.52 Å². The molecule has 40 valence electrons. The molecule has 0 aromatic rings. The second-order valence-corrected chi connectivity index (χ2v) is 4.84. The molecule has 2 heterocycles. The predicted octanol–water partition coefficient (Wildman–Crippen LogP) is 1.41. The van der Waals surface area contributed by atoms with Crippen molar-refractivity contribution < 1.29 is 9.09 Å². The lowest BCUT2D eigenvalue weighted by molar-refractivity contribution is 0.412. The van der Waals surface area contributed by atoms with Gasteiger partial charge in [0.15, 0.2) is 0 Å². The lowest BCUT2D eigenvalue weighted by Gasteiger charge is -1.81. The monoisotopic (exact) mass is 118 g/mol. The predicted molar refractivity (Wildman–Crippen MR) is 26.6 cm³/mol. The third-order valence-corrected chi connectivity index (χ3v) is 4.20. The molecule has 0 amide bonds. The van der Waals surface area contributed by atoms with Crippen molar-refractivity contribution >= 4 is 7.37 Å². The van der Waals surface area contributed by atoms with Crippen molar-refractivity contribution in [2.45, 2.75) is 18.7 Å². The normalized spacial score (nSPS) is 56.9. The van der Waals surface area contributed by atoms with Gasteiger partial charge in [0.05, 0.1) is 0 Å². The van der Waals surface area contributed by atoms with E-state index < -0.39 is 7.37 Å². The topological polar surface area (TPSA) is 29.6 Å². The van der Waals surface area contributed by atoms with Gasteiger partial charge in [-0.2, -0.15) is 0 Å². The molecule has 2 fully saturated rings. The molecule has 7 heavy (non-hydrogen) atoms. The van der Waals surface area contributed by atoms with Crippen LogP contribution in [0.25, 0.3) is 0 Å². The highest BCUT2D eigenvalue weighted by atomic mass is 31.2. The second kappa shape index (κ2) is 0.958. The molecule has 0 bridgehead atoms. The first-order valence-electron chi connectivity index (χ1n) is 2.58. The molecule has 0 spiro atoms. The summed E-state index contributed by atoms with van der Waals surface area (Å²) in [7, 11) is -1.88. The van der Waals surface area contributed by atoms with Crippen LogP contribution in [-0.4, -0.2) is 12.0 Å². The minimum Gasteiger partial charge on any atom is -0.313 e. The first kappa shape index (κ1) is 4.11. The van der Waals surface area contributed by atoms with Crippen molar-refractivity contribution in [1.29, 1.82) is 0 Å². The SMILES string of the molecule is O=P12CCCC1O2. The van der Waals surface area contributed by atoms with E-state index in [2.05, 4.69) is 0 Å². The molecule has 2 aliphatic heterocycles. The molecule has 2 saturated heterocycles. The summed E-state index contributed by atoms with van der Waals surface area (Å²) in [6, 6.07) is 0. The fraction of sp³-hybridized carbons (Fsp3) is 1.00. The van der Waals surface area contributed by atoms with Crippen LogP contribution in [0.5, 0.6) is 0 Å². The standard InChI is InChI=1S/C4H7O2P/c5-7-3-1-2-4(7)6-7/h4H,1-3H2. The Balaban J connectivity index is 2.32. The van der Waals surface area contributed by atoms with Gasteiger partial charge in [-0.25, -0.2) is 0 Å². The van der Waals surface area contributed by atoms with Gasteiger partial charge in [-0.1, -0.05) is 0 Å². The highest BCUT2D eigenvalue weighted by molar-refractivity contribution is 7.65. The molecule has 2 aliphatic rings. The molecule has 0 N–H and O–H groups in total. The van der Waals surface area contributed by atoms with Crippen molar-refractivity contribution in [2.24, 2.45) is 0 Å². The largest absolute Gasteiger partial charge is 0.313 e. The Hall–Kier alpha value is 0.190. The maximum absolute atomic E-state index is 10.9. The Bertz CT molecular complexity index is 143. The van der Waals surface area contributed by atoms with Crippen LogP contribution in [-0.2, 0) is 9.09 Å². The van der Waals surface area contributed by atoms with E-state index in [1.807, 2.05) is 0 Å². The van der Waals surface area contributed by atoms with Crippen LogP contribution in [0.1, 0.15) is 12.8 Å². The lowest BCUT2D eigenvalue weighted by Crippen LogP contribution is -1.74. The Morgan fingerprint density at radius 3 is 2.71 bits per heavy atom. The molecule has 2 unspecified atom stereocenters. The Labute approximate surface area is 42.3 Å². The highest BCUT2D eigenvalue weighted by Crippen LogP contribution is 2.75. The van der Waals surface area contributed by atoms with Gasteiger partial charge in [0, 0.05) is 6.16 Å². The van der Waals surface area contributed by atoms with Crippen LogP contribution in [0, 0.1) is 0 Å². The first-order chi connectivity index (χ1) is 3.31. The molecule has 0 aliphatic carbocycles. The lowest BCUT2D eigenvalue weighted by atomic mass is 10.4. The Morgan fingerprint density at radius 1 is 1.71 bits per heavy atom. The van der Waals surface area contributed by atoms with Crippen LogP contribution in [0.3, 0.4) is 0 Å². The average Bonchev–Trinajstić information content (AvgIpc) is 2.09. The minimum absolute atomic E-state index is 0.215. The van der Waals surface area contributed by atoms with Crippen LogP contribution in [0.15, 0.2) is 0 Å². The van der Waals surface area contributed by atoms with Gasteiger partial charge in [0.2, 0.25) is 7.37 Å². The highest BCUT2D eigenvalue weighted by Gasteiger charge is 2.55. The first-order valence-corrected chi connectivity index (χ1v) is 4.46. The van der Waals surface area contributed by atoms with Crippen LogP contribution in [0.4, 0.5) is 0 Å². The van der Waals surface area contributed by atoms with Crippen molar-refractivity contribution in [1.82, 2.24) is 0 Å². The Kier molecular flexibility index (Phi) is 0.562. The summed E-state index contributed by atoms with van der Waals surface area (Å²) >= 11 is 0. The van der Waals surface area contributed by atoms with Gasteiger partial charge >= 0.3 is 0 Å². The summed E-state index contributed by atoms with van der Waals surface area (Å²) in [5.41, 5.74) is 0. The molecule has 0 saturated carbocycles. The maximum atomic E-state index is 10.9. The van der Waals surface area contributed by atoms with Gasteiger partial charge in [0.1, 0.15) is 5.85 Å². The van der Waals surface area contributed by atoms with E-state index >= 15 is 0 Å². The van der Waals surface area contributed by atoms with Gasteiger partial charge in [-0.3, -0.25) is 4.57 Å². The number of hydrogen-bond donors (Lipinski definition) is 0. The zero-order valence-corrected chi connectivity index (χ0v) is 4.86.